The largest absolute Gasteiger partial charge is 0.366 e. The highest BCUT2D eigenvalue weighted by atomic mass is 15.2. The number of para-hydroxylation sites is 1. The predicted octanol–water partition coefficient (Wildman–Crippen LogP) is 2.60. The first-order valence-electron chi connectivity index (χ1n) is 5.15. The smallest absolute Gasteiger partial charge is 0.0415 e. The maximum Gasteiger partial charge on any atom is 0.0415 e. The van der Waals surface area contributed by atoms with Crippen molar-refractivity contribution in [2.75, 3.05) is 11.4 Å². The van der Waals surface area contributed by atoms with Crippen molar-refractivity contribution in [3.63, 3.8) is 0 Å². The molecule has 0 saturated carbocycles. The molecule has 0 radical (unpaired) electrons. The fourth-order valence-electron chi connectivity index (χ4n) is 2.95. The molecule has 68 valence electrons. The predicted molar refractivity (Wildman–Crippen MR) is 55.1 cm³/mol. The molecule has 13 heavy (non-hydrogen) atoms. The third-order valence-corrected chi connectivity index (χ3v) is 3.60. The number of rotatable bonds is 0. The molecule has 1 nitrogen and oxygen atoms in total. The van der Waals surface area contributed by atoms with Crippen LogP contribution in [0.1, 0.15) is 25.3 Å². The monoisotopic (exact) mass is 173 g/mol. The zero-order valence-corrected chi connectivity index (χ0v) is 8.09. The highest BCUT2D eigenvalue weighted by Gasteiger charge is 2.42. The van der Waals surface area contributed by atoms with Gasteiger partial charge in [0.1, 0.15) is 0 Å². The Kier molecular flexibility index (Phi) is 1.30. The van der Waals surface area contributed by atoms with Crippen LogP contribution in [-0.2, 0) is 6.42 Å². The van der Waals surface area contributed by atoms with E-state index in [9.17, 15) is 0 Å². The normalized spacial score (nSPS) is 30.4. The van der Waals surface area contributed by atoms with Crippen molar-refractivity contribution in [2.45, 2.75) is 31.7 Å². The summed E-state index contributed by atoms with van der Waals surface area (Å²) < 4.78 is 0. The van der Waals surface area contributed by atoms with Gasteiger partial charge in [0.05, 0.1) is 0 Å². The van der Waals surface area contributed by atoms with Crippen molar-refractivity contribution in [1.29, 1.82) is 0 Å². The van der Waals surface area contributed by atoms with Crippen molar-refractivity contribution in [3.05, 3.63) is 29.8 Å². The summed E-state index contributed by atoms with van der Waals surface area (Å²) in [5.41, 5.74) is 3.48. The number of hydrogen-bond donors (Lipinski definition) is 0. The second kappa shape index (κ2) is 2.28. The van der Waals surface area contributed by atoms with Gasteiger partial charge in [-0.25, -0.2) is 0 Å². The molecule has 1 aromatic rings. The lowest BCUT2D eigenvalue weighted by atomic mass is 9.95. The molecule has 2 aliphatic rings. The quantitative estimate of drug-likeness (QED) is 0.583. The van der Waals surface area contributed by atoms with E-state index >= 15 is 0 Å². The van der Waals surface area contributed by atoms with Gasteiger partial charge in [-0.1, -0.05) is 18.2 Å². The van der Waals surface area contributed by atoms with Gasteiger partial charge in [-0.15, -0.1) is 0 Å². The molecule has 1 heteroatoms. The molecular weight excluding hydrogens is 158 g/mol. The molecule has 0 amide bonds. The van der Waals surface area contributed by atoms with E-state index in [0.717, 1.165) is 0 Å². The average Bonchev–Trinajstić information content (AvgIpc) is 2.58. The maximum atomic E-state index is 2.60. The van der Waals surface area contributed by atoms with E-state index in [2.05, 4.69) is 36.1 Å². The Morgan fingerprint density at radius 2 is 2.15 bits per heavy atom. The second-order valence-corrected chi connectivity index (χ2v) is 4.56. The van der Waals surface area contributed by atoms with Crippen LogP contribution in [0.5, 0.6) is 0 Å². The molecule has 2 heterocycles. The van der Waals surface area contributed by atoms with Gasteiger partial charge in [0.15, 0.2) is 0 Å². The van der Waals surface area contributed by atoms with E-state index in [1.165, 1.54) is 31.5 Å². The third-order valence-electron chi connectivity index (χ3n) is 3.60. The molecule has 0 unspecified atom stereocenters. The Hall–Kier alpha value is -0.980. The Balaban J connectivity index is 2.13. The van der Waals surface area contributed by atoms with Gasteiger partial charge in [-0.05, 0) is 37.8 Å². The Morgan fingerprint density at radius 3 is 3.08 bits per heavy atom. The molecule has 0 N–H and O–H groups in total. The first-order chi connectivity index (χ1) is 6.30. The summed E-state index contributed by atoms with van der Waals surface area (Å²) in [6.45, 7) is 3.66. The van der Waals surface area contributed by atoms with Crippen LogP contribution < -0.4 is 4.90 Å². The minimum absolute atomic E-state index is 0.448. The lowest BCUT2D eigenvalue weighted by Crippen LogP contribution is -2.37. The maximum absolute atomic E-state index is 2.60. The van der Waals surface area contributed by atoms with Gasteiger partial charge >= 0.3 is 0 Å². The molecule has 1 saturated heterocycles. The molecule has 0 bridgehead atoms. The first kappa shape index (κ1) is 7.43. The molecule has 2 aliphatic heterocycles. The van der Waals surface area contributed by atoms with Gasteiger partial charge in [0, 0.05) is 17.8 Å². The van der Waals surface area contributed by atoms with Crippen LogP contribution in [-0.4, -0.2) is 12.1 Å². The van der Waals surface area contributed by atoms with Gasteiger partial charge in [-0.3, -0.25) is 0 Å². The Morgan fingerprint density at radius 1 is 1.31 bits per heavy atom. The summed E-state index contributed by atoms with van der Waals surface area (Å²) in [6.07, 6.45) is 3.98. The van der Waals surface area contributed by atoms with Crippen molar-refractivity contribution in [2.24, 2.45) is 0 Å². The van der Waals surface area contributed by atoms with Crippen LogP contribution in [0.4, 0.5) is 5.69 Å². The molecule has 3 rings (SSSR count). The van der Waals surface area contributed by atoms with E-state index in [0.29, 0.717) is 5.54 Å². The fourth-order valence-corrected chi connectivity index (χ4v) is 2.95. The van der Waals surface area contributed by atoms with E-state index in [1.54, 1.807) is 5.56 Å². The molecule has 0 spiro atoms. The minimum Gasteiger partial charge on any atom is -0.366 e. The zero-order valence-electron chi connectivity index (χ0n) is 8.09. The number of nitrogens with zero attached hydrogens (tertiary/aromatic N) is 1. The number of anilines is 1. The van der Waals surface area contributed by atoms with E-state index < -0.39 is 0 Å². The molecule has 1 fully saturated rings. The number of benzene rings is 1. The van der Waals surface area contributed by atoms with Gasteiger partial charge in [-0.2, -0.15) is 0 Å². The number of fused-ring (bicyclic) bond motifs is 3. The van der Waals surface area contributed by atoms with Crippen LogP contribution >= 0.6 is 0 Å². The summed E-state index contributed by atoms with van der Waals surface area (Å²) in [5, 5.41) is 0. The van der Waals surface area contributed by atoms with Crippen molar-refractivity contribution >= 4 is 5.69 Å². The van der Waals surface area contributed by atoms with Crippen LogP contribution in [0.3, 0.4) is 0 Å². The van der Waals surface area contributed by atoms with Crippen LogP contribution in [0, 0.1) is 0 Å². The standard InChI is InChI=1S/C12H15N/c1-12-7-4-8-13(12)11-6-3-2-5-10(11)9-12/h2-3,5-6H,4,7-9H2,1H3/t12-/m0/s1. The molecule has 1 aromatic carbocycles. The minimum atomic E-state index is 0.448. The summed E-state index contributed by atoms with van der Waals surface area (Å²) in [6, 6.07) is 8.86. The van der Waals surface area contributed by atoms with Crippen LogP contribution in [0.15, 0.2) is 24.3 Å². The first-order valence-corrected chi connectivity index (χ1v) is 5.15. The summed E-state index contributed by atoms with van der Waals surface area (Å²) in [5.74, 6) is 0. The zero-order chi connectivity index (χ0) is 8.89. The lowest BCUT2D eigenvalue weighted by molar-refractivity contribution is 0.492. The van der Waals surface area contributed by atoms with Crippen LogP contribution in [0.25, 0.3) is 0 Å². The van der Waals surface area contributed by atoms with E-state index in [1.807, 2.05) is 0 Å². The molecule has 1 atom stereocenters. The highest BCUT2D eigenvalue weighted by Crippen LogP contribution is 2.44. The molecule has 0 aromatic heterocycles. The summed E-state index contributed by atoms with van der Waals surface area (Å²) in [4.78, 5) is 2.60. The lowest BCUT2D eigenvalue weighted by Gasteiger charge is -2.29. The van der Waals surface area contributed by atoms with Crippen molar-refractivity contribution in [1.82, 2.24) is 0 Å². The highest BCUT2D eigenvalue weighted by molar-refractivity contribution is 5.62. The Bertz CT molecular complexity index is 345. The van der Waals surface area contributed by atoms with Gasteiger partial charge < -0.3 is 4.90 Å². The van der Waals surface area contributed by atoms with Crippen LogP contribution in [0.2, 0.25) is 0 Å². The topological polar surface area (TPSA) is 3.24 Å². The fraction of sp³-hybridized carbons (Fsp3) is 0.500. The number of hydrogen-bond acceptors (Lipinski definition) is 1. The van der Waals surface area contributed by atoms with Crippen molar-refractivity contribution in [3.8, 4) is 0 Å². The van der Waals surface area contributed by atoms with Gasteiger partial charge in [0.2, 0.25) is 0 Å². The average molecular weight is 173 g/mol. The van der Waals surface area contributed by atoms with Gasteiger partial charge in [0.25, 0.3) is 0 Å². The summed E-state index contributed by atoms with van der Waals surface area (Å²) >= 11 is 0. The van der Waals surface area contributed by atoms with E-state index in [4.69, 9.17) is 0 Å². The molecular formula is C12H15N. The summed E-state index contributed by atoms with van der Waals surface area (Å²) in [7, 11) is 0. The Labute approximate surface area is 79.4 Å². The van der Waals surface area contributed by atoms with Crippen molar-refractivity contribution < 1.29 is 0 Å². The SMILES string of the molecule is C[C@@]12CCCN1c1ccccc1C2. The third kappa shape index (κ3) is 0.874. The van der Waals surface area contributed by atoms with E-state index in [-0.39, 0.29) is 0 Å². The second-order valence-electron chi connectivity index (χ2n) is 4.56. The molecule has 0 aliphatic carbocycles.